The van der Waals surface area contributed by atoms with Gasteiger partial charge in [0, 0.05) is 15.6 Å². The summed E-state index contributed by atoms with van der Waals surface area (Å²) in [6.45, 7) is 7.42. The van der Waals surface area contributed by atoms with Gasteiger partial charge in [-0.05, 0) is 56.2 Å². The van der Waals surface area contributed by atoms with Gasteiger partial charge in [-0.3, -0.25) is 9.59 Å². The number of ether oxygens (including phenoxy) is 1. The molecule has 0 spiro atoms. The number of hydrazone groups is 1. The number of carbonyl (C=O) groups excluding carboxylic acids is 2. The molecule has 2 aromatic carbocycles. The molecule has 2 amide bonds. The maximum atomic E-state index is 12.7. The first-order chi connectivity index (χ1) is 14.6. The zero-order valence-electron chi connectivity index (χ0n) is 17.6. The van der Waals surface area contributed by atoms with Gasteiger partial charge in [0.05, 0.1) is 22.9 Å². The van der Waals surface area contributed by atoms with E-state index >= 15 is 0 Å². The van der Waals surface area contributed by atoms with Gasteiger partial charge in [-0.2, -0.15) is 5.10 Å². The van der Waals surface area contributed by atoms with Crippen molar-refractivity contribution in [2.75, 3.05) is 0 Å². The number of benzene rings is 2. The maximum Gasteiger partial charge on any atom is 0.262 e. The molecule has 31 heavy (non-hydrogen) atoms. The molecule has 2 rings (SSSR count). The zero-order valence-corrected chi connectivity index (χ0v) is 19.8. The molecule has 6 nitrogen and oxygen atoms in total. The minimum atomic E-state index is -0.831. The van der Waals surface area contributed by atoms with Crippen molar-refractivity contribution >= 4 is 52.8 Å². The van der Waals surface area contributed by atoms with Crippen LogP contribution in [0.2, 0.25) is 15.1 Å². The van der Waals surface area contributed by atoms with E-state index in [0.29, 0.717) is 21.4 Å². The number of nitrogens with zero attached hydrogens (tertiary/aromatic N) is 1. The first kappa shape index (κ1) is 25.0. The Hall–Kier alpha value is -2.28. The highest BCUT2D eigenvalue weighted by atomic mass is 35.5. The van der Waals surface area contributed by atoms with Gasteiger partial charge < -0.3 is 10.1 Å². The molecule has 0 fully saturated rings. The summed E-state index contributed by atoms with van der Waals surface area (Å²) >= 11 is 18.0. The fraction of sp³-hybridized carbons (Fsp3) is 0.318. The number of hydrogen-bond donors (Lipinski definition) is 2. The minimum Gasteiger partial charge on any atom is -0.490 e. The quantitative estimate of drug-likeness (QED) is 0.392. The van der Waals surface area contributed by atoms with Gasteiger partial charge in [-0.15, -0.1) is 0 Å². The molecule has 0 aliphatic rings. The third-order valence-corrected chi connectivity index (χ3v) is 4.91. The van der Waals surface area contributed by atoms with E-state index in [1.54, 1.807) is 24.3 Å². The van der Waals surface area contributed by atoms with Crippen LogP contribution >= 0.6 is 34.8 Å². The van der Waals surface area contributed by atoms with E-state index < -0.39 is 17.9 Å². The third kappa shape index (κ3) is 7.42. The summed E-state index contributed by atoms with van der Waals surface area (Å²) in [6.07, 6.45) is 1.40. The third-order valence-electron chi connectivity index (χ3n) is 4.12. The number of carbonyl (C=O) groups is 2. The van der Waals surface area contributed by atoms with Crippen molar-refractivity contribution < 1.29 is 14.3 Å². The van der Waals surface area contributed by atoms with Crippen LogP contribution in [0.15, 0.2) is 41.5 Å². The Balaban J connectivity index is 2.11. The average molecular weight is 485 g/mol. The fourth-order valence-corrected chi connectivity index (χ4v) is 3.32. The highest BCUT2D eigenvalue weighted by Crippen LogP contribution is 2.23. The second-order valence-electron chi connectivity index (χ2n) is 7.40. The van der Waals surface area contributed by atoms with Crippen LogP contribution < -0.4 is 15.5 Å². The first-order valence-electron chi connectivity index (χ1n) is 9.63. The summed E-state index contributed by atoms with van der Waals surface area (Å²) in [5, 5.41) is 7.82. The Bertz CT molecular complexity index is 978. The van der Waals surface area contributed by atoms with E-state index in [4.69, 9.17) is 39.5 Å². The van der Waals surface area contributed by atoms with Crippen LogP contribution in [0.3, 0.4) is 0 Å². The molecule has 0 aromatic heterocycles. The Kier molecular flexibility index (Phi) is 9.16. The van der Waals surface area contributed by atoms with Crippen molar-refractivity contribution in [1.82, 2.24) is 10.7 Å². The summed E-state index contributed by atoms with van der Waals surface area (Å²) in [5.74, 6) is -0.570. The molecule has 0 radical (unpaired) electrons. The molecule has 1 unspecified atom stereocenters. The molecular formula is C22H24Cl3N3O3. The zero-order chi connectivity index (χ0) is 23.1. The number of rotatable bonds is 8. The Morgan fingerprint density at radius 1 is 1.00 bits per heavy atom. The summed E-state index contributed by atoms with van der Waals surface area (Å²) < 4.78 is 5.72. The van der Waals surface area contributed by atoms with Gasteiger partial charge in [-0.1, -0.05) is 48.7 Å². The molecule has 0 bridgehead atoms. The minimum absolute atomic E-state index is 0.0388. The van der Waals surface area contributed by atoms with Crippen molar-refractivity contribution in [2.24, 2.45) is 11.0 Å². The van der Waals surface area contributed by atoms with Crippen LogP contribution in [0.1, 0.15) is 43.6 Å². The Morgan fingerprint density at radius 2 is 1.65 bits per heavy atom. The second kappa shape index (κ2) is 11.4. The monoisotopic (exact) mass is 483 g/mol. The Morgan fingerprint density at radius 3 is 2.26 bits per heavy atom. The highest BCUT2D eigenvalue weighted by Gasteiger charge is 2.25. The van der Waals surface area contributed by atoms with Gasteiger partial charge >= 0.3 is 0 Å². The summed E-state index contributed by atoms with van der Waals surface area (Å²) in [7, 11) is 0. The normalized spacial score (nSPS) is 12.3. The fourth-order valence-electron chi connectivity index (χ4n) is 2.64. The van der Waals surface area contributed by atoms with E-state index in [9.17, 15) is 9.59 Å². The van der Waals surface area contributed by atoms with Crippen molar-refractivity contribution in [3.63, 3.8) is 0 Å². The van der Waals surface area contributed by atoms with E-state index in [0.717, 1.165) is 0 Å². The largest absolute Gasteiger partial charge is 0.490 e. The molecule has 2 aromatic rings. The van der Waals surface area contributed by atoms with Gasteiger partial charge in [0.15, 0.2) is 0 Å². The van der Waals surface area contributed by atoms with Crippen LogP contribution in [0.25, 0.3) is 0 Å². The smallest absolute Gasteiger partial charge is 0.262 e. The van der Waals surface area contributed by atoms with Gasteiger partial charge in [0.1, 0.15) is 11.8 Å². The van der Waals surface area contributed by atoms with Crippen LogP contribution in [-0.4, -0.2) is 30.2 Å². The van der Waals surface area contributed by atoms with Crippen molar-refractivity contribution in [1.29, 1.82) is 0 Å². The number of nitrogens with one attached hydrogen (secondary N) is 2. The summed E-state index contributed by atoms with van der Waals surface area (Å²) in [5.41, 5.74) is 3.29. The first-order valence-corrected chi connectivity index (χ1v) is 10.8. The molecular weight excluding hydrogens is 461 g/mol. The van der Waals surface area contributed by atoms with E-state index in [2.05, 4.69) is 15.8 Å². The second-order valence-corrected chi connectivity index (χ2v) is 8.68. The molecule has 0 saturated heterocycles. The molecule has 0 heterocycles. The molecule has 166 valence electrons. The standard InChI is InChI=1S/C22H24Cl3N3O3/c1-12(2)20(27-21(29)17-7-5-16(24)10-18(17)25)22(30)28-26-11-14-9-15(23)6-8-19(14)31-13(3)4/h5-13,20H,1-4H3,(H,27,29)(H,28,30). The van der Waals surface area contributed by atoms with Crippen molar-refractivity contribution in [3.05, 3.63) is 62.6 Å². The van der Waals surface area contributed by atoms with E-state index in [-0.39, 0.29) is 22.6 Å². The van der Waals surface area contributed by atoms with Gasteiger partial charge in [0.25, 0.3) is 11.8 Å². The van der Waals surface area contributed by atoms with Crippen LogP contribution in [0.5, 0.6) is 5.75 Å². The summed E-state index contributed by atoms with van der Waals surface area (Å²) in [6, 6.07) is 8.82. The van der Waals surface area contributed by atoms with Crippen LogP contribution in [0, 0.1) is 5.92 Å². The molecule has 0 saturated carbocycles. The highest BCUT2D eigenvalue weighted by molar-refractivity contribution is 6.36. The molecule has 1 atom stereocenters. The molecule has 0 aliphatic heterocycles. The van der Waals surface area contributed by atoms with Crippen molar-refractivity contribution in [2.45, 2.75) is 39.8 Å². The predicted molar refractivity (Wildman–Crippen MR) is 126 cm³/mol. The van der Waals surface area contributed by atoms with E-state index in [1.165, 1.54) is 18.3 Å². The Labute approximate surface area is 196 Å². The van der Waals surface area contributed by atoms with E-state index in [1.807, 2.05) is 27.7 Å². The van der Waals surface area contributed by atoms with Crippen LogP contribution in [-0.2, 0) is 4.79 Å². The maximum absolute atomic E-state index is 12.7. The SMILES string of the molecule is CC(C)Oc1ccc(Cl)cc1C=NNC(=O)C(NC(=O)c1ccc(Cl)cc1Cl)C(C)C. The average Bonchev–Trinajstić information content (AvgIpc) is 2.67. The molecule has 0 aliphatic carbocycles. The van der Waals surface area contributed by atoms with Gasteiger partial charge in [0.2, 0.25) is 0 Å². The lowest BCUT2D eigenvalue weighted by Crippen LogP contribution is -2.48. The topological polar surface area (TPSA) is 79.8 Å². The number of amides is 2. The lowest BCUT2D eigenvalue weighted by Gasteiger charge is -2.20. The molecule has 2 N–H and O–H groups in total. The van der Waals surface area contributed by atoms with Gasteiger partial charge in [-0.25, -0.2) is 5.43 Å². The number of halogens is 3. The van der Waals surface area contributed by atoms with Crippen LogP contribution in [0.4, 0.5) is 0 Å². The number of hydrogen-bond acceptors (Lipinski definition) is 4. The lowest BCUT2D eigenvalue weighted by atomic mass is 10.0. The lowest BCUT2D eigenvalue weighted by molar-refractivity contribution is -0.123. The van der Waals surface area contributed by atoms with Crippen molar-refractivity contribution in [3.8, 4) is 5.75 Å². The molecule has 9 heteroatoms. The summed E-state index contributed by atoms with van der Waals surface area (Å²) in [4.78, 5) is 25.2. The predicted octanol–water partition coefficient (Wildman–Crippen LogP) is 5.34.